The van der Waals surface area contributed by atoms with Gasteiger partial charge in [-0.2, -0.15) is 0 Å². The summed E-state index contributed by atoms with van der Waals surface area (Å²) in [7, 11) is 0. The van der Waals surface area contributed by atoms with E-state index in [1.54, 1.807) is 12.1 Å². The Morgan fingerprint density at radius 3 is 2.82 bits per heavy atom. The molecule has 1 aromatic carbocycles. The van der Waals surface area contributed by atoms with Gasteiger partial charge in [0.15, 0.2) is 0 Å². The van der Waals surface area contributed by atoms with E-state index in [1.165, 1.54) is 18.9 Å². The molecule has 1 fully saturated rings. The third-order valence-electron chi connectivity index (χ3n) is 4.25. The third-order valence-corrected chi connectivity index (χ3v) is 4.60. The molecular weight excluding hydrogens is 303 g/mol. The van der Waals surface area contributed by atoms with Crippen LogP contribution in [0.2, 0.25) is 5.02 Å². The largest absolute Gasteiger partial charge is 0.356 e. The maximum absolute atomic E-state index is 13.6. The van der Waals surface area contributed by atoms with E-state index in [1.807, 2.05) is 0 Å². The van der Waals surface area contributed by atoms with E-state index in [0.717, 1.165) is 32.0 Å². The van der Waals surface area contributed by atoms with Gasteiger partial charge in [-0.05, 0) is 56.9 Å². The molecule has 22 heavy (non-hydrogen) atoms. The molecule has 3 nitrogen and oxygen atoms in total. The smallest absolute Gasteiger partial charge is 0.224 e. The average molecular weight is 327 g/mol. The molecule has 1 aliphatic heterocycles. The summed E-state index contributed by atoms with van der Waals surface area (Å²) in [6.07, 6.45) is 3.44. The Kier molecular flexibility index (Phi) is 6.65. The van der Waals surface area contributed by atoms with Gasteiger partial charge >= 0.3 is 0 Å². The number of carbonyl (C=O) groups is 1. The fraction of sp³-hybridized carbons (Fsp3) is 0.588. The van der Waals surface area contributed by atoms with E-state index in [9.17, 15) is 9.18 Å². The van der Waals surface area contributed by atoms with Crippen LogP contribution in [0.5, 0.6) is 0 Å². The maximum Gasteiger partial charge on any atom is 0.224 e. The number of carbonyl (C=O) groups excluding carboxylic acids is 1. The SMILES string of the molecule is CC1CCN(CCCNC(=O)Cc2c(F)cccc2Cl)CC1. The van der Waals surface area contributed by atoms with Crippen molar-refractivity contribution in [2.24, 2.45) is 5.92 Å². The first-order valence-electron chi connectivity index (χ1n) is 7.98. The number of amides is 1. The van der Waals surface area contributed by atoms with Crippen LogP contribution in [0.25, 0.3) is 0 Å². The summed E-state index contributed by atoms with van der Waals surface area (Å²) in [4.78, 5) is 14.3. The van der Waals surface area contributed by atoms with Crippen LogP contribution >= 0.6 is 11.6 Å². The van der Waals surface area contributed by atoms with Crippen molar-refractivity contribution in [3.05, 3.63) is 34.6 Å². The van der Waals surface area contributed by atoms with Gasteiger partial charge in [0.1, 0.15) is 5.82 Å². The molecule has 122 valence electrons. The molecule has 2 rings (SSSR count). The van der Waals surface area contributed by atoms with Crippen molar-refractivity contribution in [2.75, 3.05) is 26.2 Å². The highest BCUT2D eigenvalue weighted by Crippen LogP contribution is 2.19. The van der Waals surface area contributed by atoms with Gasteiger partial charge in [-0.15, -0.1) is 0 Å². The molecule has 1 saturated heterocycles. The Labute approximate surface area is 136 Å². The predicted octanol–water partition coefficient (Wildman–Crippen LogP) is 3.26. The standard InChI is InChI=1S/C17H24ClFN2O/c1-13-6-10-21(11-7-13)9-3-8-20-17(22)12-14-15(18)4-2-5-16(14)19/h2,4-5,13H,3,6-12H2,1H3,(H,20,22). The van der Waals surface area contributed by atoms with Crippen molar-refractivity contribution in [1.82, 2.24) is 10.2 Å². The predicted molar refractivity (Wildman–Crippen MR) is 87.6 cm³/mol. The molecule has 0 unspecified atom stereocenters. The van der Waals surface area contributed by atoms with Crippen LogP contribution in [0.4, 0.5) is 4.39 Å². The zero-order chi connectivity index (χ0) is 15.9. The van der Waals surface area contributed by atoms with Crippen molar-refractivity contribution in [1.29, 1.82) is 0 Å². The Morgan fingerprint density at radius 2 is 2.14 bits per heavy atom. The minimum absolute atomic E-state index is 0.00721. The fourth-order valence-electron chi connectivity index (χ4n) is 2.74. The lowest BCUT2D eigenvalue weighted by molar-refractivity contribution is -0.120. The van der Waals surface area contributed by atoms with Crippen LogP contribution in [0.3, 0.4) is 0 Å². The first-order chi connectivity index (χ1) is 10.6. The monoisotopic (exact) mass is 326 g/mol. The number of piperidine rings is 1. The lowest BCUT2D eigenvalue weighted by Gasteiger charge is -2.30. The highest BCUT2D eigenvalue weighted by Gasteiger charge is 2.15. The zero-order valence-corrected chi connectivity index (χ0v) is 13.8. The summed E-state index contributed by atoms with van der Waals surface area (Å²) in [5.74, 6) is 0.228. The molecular formula is C17H24ClFN2O. The summed E-state index contributed by atoms with van der Waals surface area (Å²) in [5, 5.41) is 3.15. The highest BCUT2D eigenvalue weighted by molar-refractivity contribution is 6.31. The normalized spacial score (nSPS) is 16.7. The summed E-state index contributed by atoms with van der Waals surface area (Å²) in [6.45, 7) is 6.23. The number of halogens is 2. The van der Waals surface area contributed by atoms with Gasteiger partial charge in [-0.3, -0.25) is 4.79 Å². The molecule has 0 spiro atoms. The molecule has 0 bridgehead atoms. The first kappa shape index (κ1) is 17.2. The van der Waals surface area contributed by atoms with E-state index < -0.39 is 5.82 Å². The number of nitrogens with zero attached hydrogens (tertiary/aromatic N) is 1. The van der Waals surface area contributed by atoms with Crippen LogP contribution in [0.1, 0.15) is 31.7 Å². The van der Waals surface area contributed by atoms with Crippen LogP contribution in [-0.4, -0.2) is 37.0 Å². The fourth-order valence-corrected chi connectivity index (χ4v) is 2.97. The van der Waals surface area contributed by atoms with Crippen LogP contribution < -0.4 is 5.32 Å². The highest BCUT2D eigenvalue weighted by atomic mass is 35.5. The zero-order valence-electron chi connectivity index (χ0n) is 13.1. The number of nitrogens with one attached hydrogen (secondary N) is 1. The molecule has 1 aromatic rings. The number of hydrogen-bond donors (Lipinski definition) is 1. The van der Waals surface area contributed by atoms with Gasteiger partial charge in [0, 0.05) is 17.1 Å². The minimum Gasteiger partial charge on any atom is -0.356 e. The molecule has 1 aliphatic rings. The Bertz CT molecular complexity index is 481. The Hall–Kier alpha value is -1.13. The van der Waals surface area contributed by atoms with Crippen molar-refractivity contribution in [2.45, 2.75) is 32.6 Å². The number of likely N-dealkylation sites (tertiary alicyclic amines) is 1. The van der Waals surface area contributed by atoms with E-state index in [0.29, 0.717) is 11.6 Å². The number of rotatable bonds is 6. The minimum atomic E-state index is -0.426. The molecule has 0 aromatic heterocycles. The van der Waals surface area contributed by atoms with E-state index >= 15 is 0 Å². The average Bonchev–Trinajstić information content (AvgIpc) is 2.49. The van der Waals surface area contributed by atoms with E-state index in [-0.39, 0.29) is 17.9 Å². The lowest BCUT2D eigenvalue weighted by atomic mass is 9.99. The van der Waals surface area contributed by atoms with Crippen molar-refractivity contribution < 1.29 is 9.18 Å². The molecule has 1 N–H and O–H groups in total. The Balaban J connectivity index is 1.66. The van der Waals surface area contributed by atoms with Gasteiger partial charge in [0.05, 0.1) is 6.42 Å². The summed E-state index contributed by atoms with van der Waals surface area (Å²) >= 11 is 5.92. The Morgan fingerprint density at radius 1 is 1.41 bits per heavy atom. The quantitative estimate of drug-likeness (QED) is 0.814. The molecule has 0 saturated carbocycles. The van der Waals surface area contributed by atoms with Crippen molar-refractivity contribution in [3.8, 4) is 0 Å². The van der Waals surface area contributed by atoms with Gasteiger partial charge in [0.25, 0.3) is 0 Å². The van der Waals surface area contributed by atoms with Gasteiger partial charge < -0.3 is 10.2 Å². The molecule has 5 heteroatoms. The van der Waals surface area contributed by atoms with Crippen LogP contribution in [0, 0.1) is 11.7 Å². The number of hydrogen-bond acceptors (Lipinski definition) is 2. The van der Waals surface area contributed by atoms with E-state index in [2.05, 4.69) is 17.1 Å². The summed E-state index contributed by atoms with van der Waals surface area (Å²) < 4.78 is 13.6. The molecule has 1 heterocycles. The summed E-state index contributed by atoms with van der Waals surface area (Å²) in [5.41, 5.74) is 0.270. The second kappa shape index (κ2) is 8.49. The topological polar surface area (TPSA) is 32.3 Å². The third kappa shape index (κ3) is 5.25. The molecule has 0 atom stereocenters. The van der Waals surface area contributed by atoms with E-state index in [4.69, 9.17) is 11.6 Å². The van der Waals surface area contributed by atoms with Gasteiger partial charge in [0.2, 0.25) is 5.91 Å². The lowest BCUT2D eigenvalue weighted by Crippen LogP contribution is -2.35. The van der Waals surface area contributed by atoms with Gasteiger partial charge in [-0.1, -0.05) is 24.6 Å². The maximum atomic E-state index is 13.6. The molecule has 0 aliphatic carbocycles. The second-order valence-electron chi connectivity index (χ2n) is 6.10. The second-order valence-corrected chi connectivity index (χ2v) is 6.51. The molecule has 1 amide bonds. The summed E-state index contributed by atoms with van der Waals surface area (Å²) in [6, 6.07) is 4.47. The first-order valence-corrected chi connectivity index (χ1v) is 8.36. The van der Waals surface area contributed by atoms with Crippen LogP contribution in [-0.2, 0) is 11.2 Å². The molecule has 0 radical (unpaired) electrons. The van der Waals surface area contributed by atoms with Crippen molar-refractivity contribution in [3.63, 3.8) is 0 Å². The van der Waals surface area contributed by atoms with Crippen molar-refractivity contribution >= 4 is 17.5 Å². The van der Waals surface area contributed by atoms with Crippen LogP contribution in [0.15, 0.2) is 18.2 Å². The number of benzene rings is 1. The van der Waals surface area contributed by atoms with Gasteiger partial charge in [-0.25, -0.2) is 4.39 Å².